The Labute approximate surface area is 97.7 Å². The van der Waals surface area contributed by atoms with Crippen molar-refractivity contribution in [2.45, 2.75) is 53.2 Å². The molecule has 0 radical (unpaired) electrons. The fraction of sp³-hybridized carbons (Fsp3) is 0.750. The van der Waals surface area contributed by atoms with E-state index in [2.05, 4.69) is 38.1 Å². The summed E-state index contributed by atoms with van der Waals surface area (Å²) >= 11 is 0. The zero-order valence-corrected chi connectivity index (χ0v) is 10.9. The minimum absolute atomic E-state index is 0.0670. The summed E-state index contributed by atoms with van der Waals surface area (Å²) in [5.41, 5.74) is 3.49. The molecule has 0 saturated carbocycles. The van der Waals surface area contributed by atoms with Crippen LogP contribution in [0.5, 0.6) is 0 Å². The van der Waals surface area contributed by atoms with Gasteiger partial charge in [-0.05, 0) is 26.3 Å². The maximum atomic E-state index is 9.30. The molecule has 0 aliphatic rings. The summed E-state index contributed by atoms with van der Waals surface area (Å²) in [6.45, 7) is 11.2. The number of aliphatic hydroxyl groups excluding tert-OH is 1. The number of hydrogen-bond acceptors (Lipinski definition) is 3. The molecular formula is C12H23N3O. The van der Waals surface area contributed by atoms with Crippen LogP contribution in [0.4, 0.5) is 0 Å². The molecule has 2 N–H and O–H groups in total. The molecule has 1 aromatic heterocycles. The molecule has 1 aromatic rings. The third-order valence-electron chi connectivity index (χ3n) is 2.93. The van der Waals surface area contributed by atoms with Gasteiger partial charge in [-0.2, -0.15) is 5.10 Å². The number of rotatable bonds is 5. The average molecular weight is 225 g/mol. The third kappa shape index (κ3) is 3.06. The van der Waals surface area contributed by atoms with Crippen LogP contribution in [0.15, 0.2) is 0 Å². The van der Waals surface area contributed by atoms with Gasteiger partial charge in [0.2, 0.25) is 0 Å². The van der Waals surface area contributed by atoms with E-state index in [0.717, 1.165) is 12.2 Å². The van der Waals surface area contributed by atoms with E-state index >= 15 is 0 Å². The van der Waals surface area contributed by atoms with E-state index in [0.29, 0.717) is 6.04 Å². The standard InChI is InChI=1S/C12H23N3O/c1-8(2)13-12(7-16)6-15-11(5)9(3)10(4)14-15/h8,12-13,16H,6-7H2,1-5H3. The predicted octanol–water partition coefficient (Wildman–Crippen LogP) is 1.17. The van der Waals surface area contributed by atoms with E-state index in [1.807, 2.05) is 11.6 Å². The fourth-order valence-electron chi connectivity index (χ4n) is 1.81. The number of aromatic nitrogens is 2. The van der Waals surface area contributed by atoms with E-state index in [1.165, 1.54) is 11.3 Å². The molecule has 0 bridgehead atoms. The number of nitrogens with one attached hydrogen (secondary N) is 1. The van der Waals surface area contributed by atoms with Crippen LogP contribution in [0, 0.1) is 20.8 Å². The number of nitrogens with zero attached hydrogens (tertiary/aromatic N) is 2. The molecule has 1 heterocycles. The molecular weight excluding hydrogens is 202 g/mol. The van der Waals surface area contributed by atoms with Gasteiger partial charge in [0, 0.05) is 11.7 Å². The van der Waals surface area contributed by atoms with E-state index in [9.17, 15) is 5.11 Å². The third-order valence-corrected chi connectivity index (χ3v) is 2.93. The Hall–Kier alpha value is -0.870. The first-order chi connectivity index (χ1) is 7.45. The predicted molar refractivity (Wildman–Crippen MR) is 65.6 cm³/mol. The quantitative estimate of drug-likeness (QED) is 0.791. The lowest BCUT2D eigenvalue weighted by molar-refractivity contribution is 0.217. The van der Waals surface area contributed by atoms with Gasteiger partial charge in [0.25, 0.3) is 0 Å². The van der Waals surface area contributed by atoms with E-state index in [-0.39, 0.29) is 12.6 Å². The molecule has 16 heavy (non-hydrogen) atoms. The molecule has 0 amide bonds. The van der Waals surface area contributed by atoms with E-state index in [1.54, 1.807) is 0 Å². The summed E-state index contributed by atoms with van der Waals surface area (Å²) in [7, 11) is 0. The van der Waals surface area contributed by atoms with Gasteiger partial charge >= 0.3 is 0 Å². The highest BCUT2D eigenvalue weighted by molar-refractivity contribution is 5.22. The van der Waals surface area contributed by atoms with Crippen molar-refractivity contribution in [1.29, 1.82) is 0 Å². The molecule has 0 aromatic carbocycles. The van der Waals surface area contributed by atoms with Crippen LogP contribution in [-0.2, 0) is 6.54 Å². The molecule has 1 rings (SSSR count). The van der Waals surface area contributed by atoms with Crippen molar-refractivity contribution >= 4 is 0 Å². The SMILES string of the molecule is Cc1nn(CC(CO)NC(C)C)c(C)c1C. The van der Waals surface area contributed by atoms with Crippen molar-refractivity contribution in [2.24, 2.45) is 0 Å². The highest BCUT2D eigenvalue weighted by atomic mass is 16.3. The lowest BCUT2D eigenvalue weighted by Crippen LogP contribution is -2.41. The summed E-state index contributed by atoms with van der Waals surface area (Å²) in [5, 5.41) is 17.1. The van der Waals surface area contributed by atoms with Crippen molar-refractivity contribution in [2.75, 3.05) is 6.61 Å². The summed E-state index contributed by atoms with van der Waals surface area (Å²) in [6.07, 6.45) is 0. The van der Waals surface area contributed by atoms with Crippen LogP contribution >= 0.6 is 0 Å². The van der Waals surface area contributed by atoms with E-state index < -0.39 is 0 Å². The zero-order valence-electron chi connectivity index (χ0n) is 10.9. The maximum absolute atomic E-state index is 9.30. The largest absolute Gasteiger partial charge is 0.395 e. The van der Waals surface area contributed by atoms with Gasteiger partial charge in [0.1, 0.15) is 0 Å². The van der Waals surface area contributed by atoms with Gasteiger partial charge in [0.15, 0.2) is 0 Å². The van der Waals surface area contributed by atoms with Gasteiger partial charge in [0.05, 0.1) is 24.9 Å². The monoisotopic (exact) mass is 225 g/mol. The van der Waals surface area contributed by atoms with Crippen molar-refractivity contribution in [3.05, 3.63) is 17.0 Å². The van der Waals surface area contributed by atoms with Crippen LogP contribution < -0.4 is 5.32 Å². The number of hydrogen-bond donors (Lipinski definition) is 2. The maximum Gasteiger partial charge on any atom is 0.0625 e. The highest BCUT2D eigenvalue weighted by Gasteiger charge is 2.13. The van der Waals surface area contributed by atoms with Gasteiger partial charge in [-0.3, -0.25) is 4.68 Å². The highest BCUT2D eigenvalue weighted by Crippen LogP contribution is 2.11. The van der Waals surface area contributed by atoms with Crippen molar-refractivity contribution in [3.63, 3.8) is 0 Å². The van der Waals surface area contributed by atoms with Crippen molar-refractivity contribution < 1.29 is 5.11 Å². The van der Waals surface area contributed by atoms with E-state index in [4.69, 9.17) is 0 Å². The first-order valence-electron chi connectivity index (χ1n) is 5.83. The van der Waals surface area contributed by atoms with Crippen LogP contribution in [0.25, 0.3) is 0 Å². The minimum Gasteiger partial charge on any atom is -0.395 e. The summed E-state index contributed by atoms with van der Waals surface area (Å²) in [4.78, 5) is 0. The van der Waals surface area contributed by atoms with Crippen LogP contribution in [0.1, 0.15) is 30.8 Å². The second kappa shape index (κ2) is 5.46. The first kappa shape index (κ1) is 13.2. The molecule has 1 unspecified atom stereocenters. The Morgan fingerprint density at radius 2 is 1.94 bits per heavy atom. The molecule has 4 heteroatoms. The second-order valence-corrected chi connectivity index (χ2v) is 4.68. The lowest BCUT2D eigenvalue weighted by Gasteiger charge is -2.19. The zero-order chi connectivity index (χ0) is 12.3. The van der Waals surface area contributed by atoms with Crippen LogP contribution in [0.3, 0.4) is 0 Å². The Bertz CT molecular complexity index is 344. The van der Waals surface area contributed by atoms with Crippen LogP contribution in [-0.4, -0.2) is 33.6 Å². The normalized spacial score (nSPS) is 13.4. The fourth-order valence-corrected chi connectivity index (χ4v) is 1.81. The smallest absolute Gasteiger partial charge is 0.0625 e. The summed E-state index contributed by atoms with van der Waals surface area (Å²) in [6, 6.07) is 0.438. The Balaban J connectivity index is 2.74. The molecule has 0 aliphatic heterocycles. The Morgan fingerprint density at radius 1 is 1.31 bits per heavy atom. The van der Waals surface area contributed by atoms with Gasteiger partial charge in [-0.15, -0.1) is 0 Å². The number of aliphatic hydroxyl groups is 1. The molecule has 4 nitrogen and oxygen atoms in total. The summed E-state index contributed by atoms with van der Waals surface area (Å²) < 4.78 is 1.97. The van der Waals surface area contributed by atoms with Gasteiger partial charge < -0.3 is 10.4 Å². The second-order valence-electron chi connectivity index (χ2n) is 4.68. The Morgan fingerprint density at radius 3 is 2.31 bits per heavy atom. The van der Waals surface area contributed by atoms with Crippen molar-refractivity contribution in [3.8, 4) is 0 Å². The van der Waals surface area contributed by atoms with Gasteiger partial charge in [-0.25, -0.2) is 0 Å². The first-order valence-corrected chi connectivity index (χ1v) is 5.83. The Kier molecular flexibility index (Phi) is 4.50. The minimum atomic E-state index is 0.0670. The van der Waals surface area contributed by atoms with Crippen molar-refractivity contribution in [1.82, 2.24) is 15.1 Å². The molecule has 0 saturated heterocycles. The summed E-state index contributed by atoms with van der Waals surface area (Å²) in [5.74, 6) is 0. The topological polar surface area (TPSA) is 50.1 Å². The molecule has 92 valence electrons. The molecule has 0 spiro atoms. The number of aryl methyl sites for hydroxylation is 1. The molecule has 1 atom stereocenters. The van der Waals surface area contributed by atoms with Crippen LogP contribution in [0.2, 0.25) is 0 Å². The molecule has 0 aliphatic carbocycles. The van der Waals surface area contributed by atoms with Gasteiger partial charge in [-0.1, -0.05) is 13.8 Å². The average Bonchev–Trinajstić information content (AvgIpc) is 2.45. The lowest BCUT2D eigenvalue weighted by atomic mass is 10.2. The molecule has 0 fully saturated rings.